The summed E-state index contributed by atoms with van der Waals surface area (Å²) in [6, 6.07) is 8.43. The molecule has 0 spiro atoms. The van der Waals surface area contributed by atoms with Crippen molar-refractivity contribution in [3.05, 3.63) is 30.3 Å². The molecular formula is C11H14N2O4S. The van der Waals surface area contributed by atoms with Gasteiger partial charge >= 0.3 is 0 Å². The average molecular weight is 270 g/mol. The maximum atomic E-state index is 11.6. The third kappa shape index (κ3) is 3.85. The van der Waals surface area contributed by atoms with Crippen LogP contribution in [-0.2, 0) is 19.4 Å². The summed E-state index contributed by atoms with van der Waals surface area (Å²) in [4.78, 5) is 22.3. The predicted molar refractivity (Wildman–Crippen MR) is 67.5 cm³/mol. The molecule has 0 aliphatic rings. The lowest BCUT2D eigenvalue weighted by atomic mass is 10.3. The van der Waals surface area contributed by atoms with E-state index in [-0.39, 0.29) is 0 Å². The molecule has 0 aliphatic heterocycles. The third-order valence-corrected chi connectivity index (χ3v) is 4.30. The number of carbonyl (C=O) groups is 2. The summed E-state index contributed by atoms with van der Waals surface area (Å²) < 4.78 is 23.2. The van der Waals surface area contributed by atoms with Crippen molar-refractivity contribution in [2.24, 2.45) is 5.73 Å². The molecule has 0 heterocycles. The van der Waals surface area contributed by atoms with Crippen molar-refractivity contribution in [3.63, 3.8) is 0 Å². The molecular weight excluding hydrogens is 256 g/mol. The second-order valence-electron chi connectivity index (χ2n) is 3.77. The van der Waals surface area contributed by atoms with E-state index in [2.05, 4.69) is 5.32 Å². The molecule has 1 atom stereocenters. The number of carbonyl (C=O) groups excluding carboxylic acids is 2. The molecule has 98 valence electrons. The Balaban J connectivity index is 2.69. The standard InChI is InChI=1S/C11H14N2O4S/c1-8(11(12)15)18(16,17)7-10(14)13-9-5-3-2-4-6-9/h2-6,8H,7H2,1H3,(H2,12,15)(H,13,14). The fourth-order valence-corrected chi connectivity index (χ4v) is 2.24. The highest BCUT2D eigenvalue weighted by Crippen LogP contribution is 2.07. The second kappa shape index (κ2) is 5.63. The van der Waals surface area contributed by atoms with Crippen molar-refractivity contribution < 1.29 is 18.0 Å². The predicted octanol–water partition coefficient (Wildman–Crippen LogP) is -0.0863. The Morgan fingerprint density at radius 2 is 1.83 bits per heavy atom. The van der Waals surface area contributed by atoms with Crippen LogP contribution in [0.1, 0.15) is 6.92 Å². The molecule has 2 amide bonds. The Labute approximate surface area is 105 Å². The molecule has 0 fully saturated rings. The molecule has 18 heavy (non-hydrogen) atoms. The first kappa shape index (κ1) is 14.2. The Kier molecular flexibility index (Phi) is 4.43. The Morgan fingerprint density at radius 1 is 1.28 bits per heavy atom. The van der Waals surface area contributed by atoms with Gasteiger partial charge in [0.25, 0.3) is 0 Å². The second-order valence-corrected chi connectivity index (χ2v) is 6.09. The largest absolute Gasteiger partial charge is 0.369 e. The summed E-state index contributed by atoms with van der Waals surface area (Å²) in [5, 5.41) is 1.05. The molecule has 1 aromatic carbocycles. The summed E-state index contributed by atoms with van der Waals surface area (Å²) in [6.07, 6.45) is 0. The fourth-order valence-electron chi connectivity index (χ4n) is 1.20. The van der Waals surface area contributed by atoms with Crippen LogP contribution < -0.4 is 11.1 Å². The van der Waals surface area contributed by atoms with E-state index in [0.717, 1.165) is 6.92 Å². The van der Waals surface area contributed by atoms with Gasteiger partial charge in [0, 0.05) is 5.69 Å². The topological polar surface area (TPSA) is 106 Å². The van der Waals surface area contributed by atoms with Crippen LogP contribution >= 0.6 is 0 Å². The molecule has 0 saturated carbocycles. The zero-order chi connectivity index (χ0) is 13.8. The average Bonchev–Trinajstić information content (AvgIpc) is 2.28. The minimum Gasteiger partial charge on any atom is -0.369 e. The maximum Gasteiger partial charge on any atom is 0.239 e. The zero-order valence-electron chi connectivity index (χ0n) is 9.79. The number of nitrogens with two attached hydrogens (primary N) is 1. The molecule has 0 bridgehead atoms. The normalized spacial score (nSPS) is 12.7. The molecule has 0 radical (unpaired) electrons. The Bertz CT molecular complexity index is 539. The van der Waals surface area contributed by atoms with Gasteiger partial charge in [0.1, 0.15) is 11.0 Å². The van der Waals surface area contributed by atoms with Crippen LogP contribution in [0.4, 0.5) is 5.69 Å². The van der Waals surface area contributed by atoms with Gasteiger partial charge in [0.15, 0.2) is 9.84 Å². The number of nitrogens with one attached hydrogen (secondary N) is 1. The molecule has 0 saturated heterocycles. The molecule has 0 aromatic heterocycles. The summed E-state index contributed by atoms with van der Waals surface area (Å²) >= 11 is 0. The van der Waals surface area contributed by atoms with Gasteiger partial charge in [0.05, 0.1) is 0 Å². The van der Waals surface area contributed by atoms with Crippen LogP contribution in [0.3, 0.4) is 0 Å². The lowest BCUT2D eigenvalue weighted by Crippen LogP contribution is -2.37. The highest BCUT2D eigenvalue weighted by Gasteiger charge is 2.28. The van der Waals surface area contributed by atoms with Crippen LogP contribution in [0, 0.1) is 0 Å². The van der Waals surface area contributed by atoms with Gasteiger partial charge in [-0.15, -0.1) is 0 Å². The van der Waals surface area contributed by atoms with Crippen molar-refractivity contribution in [1.29, 1.82) is 0 Å². The minimum absolute atomic E-state index is 0.490. The van der Waals surface area contributed by atoms with Crippen molar-refractivity contribution in [3.8, 4) is 0 Å². The number of para-hydroxylation sites is 1. The van der Waals surface area contributed by atoms with Gasteiger partial charge in [-0.3, -0.25) is 9.59 Å². The van der Waals surface area contributed by atoms with Gasteiger partial charge in [-0.25, -0.2) is 8.42 Å². The summed E-state index contributed by atoms with van der Waals surface area (Å²) in [6.45, 7) is 1.16. The van der Waals surface area contributed by atoms with Gasteiger partial charge in [-0.1, -0.05) is 18.2 Å². The first-order chi connectivity index (χ1) is 8.33. The van der Waals surface area contributed by atoms with Crippen LogP contribution in [0.15, 0.2) is 30.3 Å². The van der Waals surface area contributed by atoms with Crippen molar-refractivity contribution in [2.45, 2.75) is 12.2 Å². The van der Waals surface area contributed by atoms with Gasteiger partial charge in [-0.05, 0) is 19.1 Å². The minimum atomic E-state index is -3.87. The number of primary amides is 1. The van der Waals surface area contributed by atoms with E-state index >= 15 is 0 Å². The number of hydrogen-bond donors (Lipinski definition) is 2. The molecule has 7 heteroatoms. The van der Waals surface area contributed by atoms with Gasteiger partial charge in [-0.2, -0.15) is 0 Å². The molecule has 6 nitrogen and oxygen atoms in total. The van der Waals surface area contributed by atoms with Gasteiger partial charge < -0.3 is 11.1 Å². The number of sulfone groups is 1. The molecule has 1 aromatic rings. The van der Waals surface area contributed by atoms with Crippen molar-refractivity contribution >= 4 is 27.3 Å². The van der Waals surface area contributed by atoms with E-state index < -0.39 is 32.7 Å². The summed E-state index contributed by atoms with van der Waals surface area (Å²) in [5.41, 5.74) is 5.39. The smallest absolute Gasteiger partial charge is 0.239 e. The van der Waals surface area contributed by atoms with E-state index in [4.69, 9.17) is 5.73 Å². The third-order valence-electron chi connectivity index (χ3n) is 2.33. The molecule has 0 aliphatic carbocycles. The highest BCUT2D eigenvalue weighted by atomic mass is 32.2. The summed E-state index contributed by atoms with van der Waals surface area (Å²) in [5.74, 6) is -2.44. The van der Waals surface area contributed by atoms with Crippen LogP contribution in [-0.4, -0.2) is 31.2 Å². The molecule has 1 rings (SSSR count). The first-order valence-corrected chi connectivity index (χ1v) is 6.90. The van der Waals surface area contributed by atoms with Crippen LogP contribution in [0.5, 0.6) is 0 Å². The number of rotatable bonds is 5. The SMILES string of the molecule is CC(C(N)=O)S(=O)(=O)CC(=O)Nc1ccccc1. The monoisotopic (exact) mass is 270 g/mol. The quantitative estimate of drug-likeness (QED) is 0.780. The first-order valence-electron chi connectivity index (χ1n) is 5.18. The lowest BCUT2D eigenvalue weighted by molar-refractivity contribution is -0.117. The van der Waals surface area contributed by atoms with Crippen molar-refractivity contribution in [2.75, 3.05) is 11.1 Å². The van der Waals surface area contributed by atoms with E-state index in [9.17, 15) is 18.0 Å². The van der Waals surface area contributed by atoms with E-state index in [1.807, 2.05) is 0 Å². The summed E-state index contributed by atoms with van der Waals surface area (Å²) in [7, 11) is -3.87. The van der Waals surface area contributed by atoms with Crippen LogP contribution in [0.2, 0.25) is 0 Å². The zero-order valence-corrected chi connectivity index (χ0v) is 10.6. The Morgan fingerprint density at radius 3 is 2.33 bits per heavy atom. The number of amides is 2. The maximum absolute atomic E-state index is 11.6. The van der Waals surface area contributed by atoms with Crippen LogP contribution in [0.25, 0.3) is 0 Å². The molecule has 1 unspecified atom stereocenters. The lowest BCUT2D eigenvalue weighted by Gasteiger charge is -2.09. The van der Waals surface area contributed by atoms with Crippen molar-refractivity contribution in [1.82, 2.24) is 0 Å². The fraction of sp³-hybridized carbons (Fsp3) is 0.273. The van der Waals surface area contributed by atoms with E-state index in [1.54, 1.807) is 30.3 Å². The number of hydrogen-bond acceptors (Lipinski definition) is 4. The number of anilines is 1. The van der Waals surface area contributed by atoms with Gasteiger partial charge in [0.2, 0.25) is 11.8 Å². The number of benzene rings is 1. The Hall–Kier alpha value is -1.89. The highest BCUT2D eigenvalue weighted by molar-refractivity contribution is 7.93. The van der Waals surface area contributed by atoms with E-state index in [1.165, 1.54) is 0 Å². The van der Waals surface area contributed by atoms with E-state index in [0.29, 0.717) is 5.69 Å². The molecule has 3 N–H and O–H groups in total.